The lowest BCUT2D eigenvalue weighted by atomic mass is 10.1. The van der Waals surface area contributed by atoms with Crippen LogP contribution in [0.15, 0.2) is 48.5 Å². The SMILES string of the molecule is Oc1ccc(O)c(C#Cc2cc(C#Cc3cc(O)ccc3O)c(O)cc2O)c1. The van der Waals surface area contributed by atoms with Crippen LogP contribution < -0.4 is 0 Å². The van der Waals surface area contributed by atoms with Crippen LogP contribution in [-0.2, 0) is 0 Å². The monoisotopic (exact) mass is 374 g/mol. The molecular formula is C22H14O6. The normalized spacial score (nSPS) is 9.71. The highest BCUT2D eigenvalue weighted by Gasteiger charge is 2.07. The molecule has 3 rings (SSSR count). The van der Waals surface area contributed by atoms with Gasteiger partial charge in [-0.15, -0.1) is 0 Å². The van der Waals surface area contributed by atoms with Crippen LogP contribution in [-0.4, -0.2) is 30.6 Å². The van der Waals surface area contributed by atoms with Gasteiger partial charge in [0.15, 0.2) is 0 Å². The van der Waals surface area contributed by atoms with Crippen LogP contribution in [0.5, 0.6) is 34.5 Å². The number of hydrogen-bond donors (Lipinski definition) is 6. The third-order valence-corrected chi connectivity index (χ3v) is 3.74. The molecular weight excluding hydrogens is 360 g/mol. The molecule has 0 aromatic heterocycles. The quantitative estimate of drug-likeness (QED) is 0.266. The third-order valence-electron chi connectivity index (χ3n) is 3.74. The lowest BCUT2D eigenvalue weighted by Gasteiger charge is -2.02. The predicted molar refractivity (Wildman–Crippen MR) is 101 cm³/mol. The van der Waals surface area contributed by atoms with Crippen molar-refractivity contribution in [1.82, 2.24) is 0 Å². The third kappa shape index (κ3) is 4.04. The standard InChI is InChI=1S/C22H14O6/c23-17-5-7-19(25)15(10-17)3-1-13-9-14(22(28)12-21(13)27)2-4-16-11-18(24)6-8-20(16)26/h5-12,23-28H. The Balaban J connectivity index is 2.01. The molecule has 0 spiro atoms. The van der Waals surface area contributed by atoms with Crippen LogP contribution in [0.25, 0.3) is 0 Å². The summed E-state index contributed by atoms with van der Waals surface area (Å²) >= 11 is 0. The van der Waals surface area contributed by atoms with Gasteiger partial charge in [0.25, 0.3) is 0 Å². The van der Waals surface area contributed by atoms with Gasteiger partial charge in [-0.05, 0) is 42.5 Å². The van der Waals surface area contributed by atoms with Crippen LogP contribution in [0, 0.1) is 23.7 Å². The smallest absolute Gasteiger partial charge is 0.134 e. The zero-order valence-corrected chi connectivity index (χ0v) is 14.3. The summed E-state index contributed by atoms with van der Waals surface area (Å²) in [5.74, 6) is 9.53. The van der Waals surface area contributed by atoms with Crippen molar-refractivity contribution in [3.63, 3.8) is 0 Å². The molecule has 28 heavy (non-hydrogen) atoms. The van der Waals surface area contributed by atoms with E-state index < -0.39 is 0 Å². The molecule has 0 atom stereocenters. The second kappa shape index (κ2) is 7.45. The van der Waals surface area contributed by atoms with Crippen molar-refractivity contribution in [2.45, 2.75) is 0 Å². The number of rotatable bonds is 0. The molecule has 0 heterocycles. The first-order valence-electron chi connectivity index (χ1n) is 7.97. The van der Waals surface area contributed by atoms with E-state index in [0.29, 0.717) is 0 Å². The van der Waals surface area contributed by atoms with Gasteiger partial charge >= 0.3 is 0 Å². The first kappa shape index (κ1) is 18.4. The van der Waals surface area contributed by atoms with Gasteiger partial charge in [-0.25, -0.2) is 0 Å². The minimum absolute atomic E-state index is 0.0745. The summed E-state index contributed by atoms with van der Waals surface area (Å²) in [4.78, 5) is 0. The average molecular weight is 374 g/mol. The predicted octanol–water partition coefficient (Wildman–Crippen LogP) is 2.72. The van der Waals surface area contributed by atoms with E-state index in [4.69, 9.17) is 0 Å². The second-order valence-corrected chi connectivity index (χ2v) is 5.79. The molecule has 3 aromatic rings. The van der Waals surface area contributed by atoms with Crippen LogP contribution >= 0.6 is 0 Å². The van der Waals surface area contributed by atoms with E-state index >= 15 is 0 Å². The van der Waals surface area contributed by atoms with E-state index in [1.165, 1.54) is 42.5 Å². The molecule has 6 heteroatoms. The Morgan fingerprint density at radius 1 is 0.393 bits per heavy atom. The summed E-state index contributed by atoms with van der Waals surface area (Å²) in [5.41, 5.74) is 0.574. The molecule has 3 aromatic carbocycles. The topological polar surface area (TPSA) is 121 Å². The van der Waals surface area contributed by atoms with E-state index in [1.807, 2.05) is 0 Å². The minimum atomic E-state index is -0.296. The lowest BCUT2D eigenvalue weighted by Crippen LogP contribution is -1.84. The zero-order chi connectivity index (χ0) is 20.3. The van der Waals surface area contributed by atoms with Gasteiger partial charge in [-0.1, -0.05) is 23.7 Å². The summed E-state index contributed by atoms with van der Waals surface area (Å²) in [5, 5.41) is 58.4. The fraction of sp³-hybridized carbons (Fsp3) is 0. The summed E-state index contributed by atoms with van der Waals surface area (Å²) < 4.78 is 0. The van der Waals surface area contributed by atoms with Gasteiger partial charge in [0.1, 0.15) is 34.5 Å². The Hall–Kier alpha value is -4.42. The molecule has 0 unspecified atom stereocenters. The maximum Gasteiger partial charge on any atom is 0.134 e. The molecule has 0 aliphatic heterocycles. The van der Waals surface area contributed by atoms with E-state index in [1.54, 1.807) is 0 Å². The molecule has 0 bridgehead atoms. The van der Waals surface area contributed by atoms with Gasteiger partial charge < -0.3 is 30.6 Å². The Morgan fingerprint density at radius 2 is 0.750 bits per heavy atom. The Morgan fingerprint density at radius 3 is 1.14 bits per heavy atom. The molecule has 6 nitrogen and oxygen atoms in total. The van der Waals surface area contributed by atoms with Gasteiger partial charge in [-0.2, -0.15) is 0 Å². The van der Waals surface area contributed by atoms with Crippen LogP contribution in [0.3, 0.4) is 0 Å². The number of phenols is 6. The first-order chi connectivity index (χ1) is 13.3. The maximum absolute atomic E-state index is 9.99. The maximum atomic E-state index is 9.99. The van der Waals surface area contributed by atoms with Crippen molar-refractivity contribution in [2.75, 3.05) is 0 Å². The highest BCUT2D eigenvalue weighted by molar-refractivity contribution is 5.61. The van der Waals surface area contributed by atoms with Crippen molar-refractivity contribution in [1.29, 1.82) is 0 Å². The molecule has 6 N–H and O–H groups in total. The first-order valence-corrected chi connectivity index (χ1v) is 7.97. The highest BCUT2D eigenvalue weighted by Crippen LogP contribution is 2.28. The summed E-state index contributed by atoms with van der Waals surface area (Å²) in [6.45, 7) is 0. The molecule has 0 radical (unpaired) electrons. The molecule has 138 valence electrons. The number of aromatic hydroxyl groups is 6. The van der Waals surface area contributed by atoms with E-state index in [0.717, 1.165) is 6.07 Å². The lowest BCUT2D eigenvalue weighted by molar-refractivity contribution is 0.448. The highest BCUT2D eigenvalue weighted by atomic mass is 16.3. The van der Waals surface area contributed by atoms with Crippen LogP contribution in [0.1, 0.15) is 22.3 Å². The van der Waals surface area contributed by atoms with Gasteiger partial charge in [0, 0.05) is 6.07 Å². The fourth-order valence-electron chi connectivity index (χ4n) is 2.30. The average Bonchev–Trinajstić information content (AvgIpc) is 2.65. The Kier molecular flexibility index (Phi) is 4.89. The summed E-state index contributed by atoms with van der Waals surface area (Å²) in [6.07, 6.45) is 0. The number of phenolic OH excluding ortho intramolecular Hbond substituents is 6. The van der Waals surface area contributed by atoms with Crippen molar-refractivity contribution >= 4 is 0 Å². The van der Waals surface area contributed by atoms with E-state index in [2.05, 4.69) is 23.7 Å². The van der Waals surface area contributed by atoms with Crippen molar-refractivity contribution in [3.8, 4) is 58.2 Å². The van der Waals surface area contributed by atoms with E-state index in [-0.39, 0.29) is 56.8 Å². The van der Waals surface area contributed by atoms with Crippen molar-refractivity contribution in [3.05, 3.63) is 70.8 Å². The Bertz CT molecular complexity index is 1100. The van der Waals surface area contributed by atoms with Crippen LogP contribution in [0.2, 0.25) is 0 Å². The van der Waals surface area contributed by atoms with E-state index in [9.17, 15) is 30.6 Å². The minimum Gasteiger partial charge on any atom is -0.508 e. The molecule has 0 fully saturated rings. The molecule has 0 saturated heterocycles. The number of benzene rings is 3. The molecule has 0 amide bonds. The zero-order valence-electron chi connectivity index (χ0n) is 14.3. The fourth-order valence-corrected chi connectivity index (χ4v) is 2.30. The number of hydrogen-bond acceptors (Lipinski definition) is 6. The van der Waals surface area contributed by atoms with Gasteiger partial charge in [-0.3, -0.25) is 0 Å². The summed E-state index contributed by atoms with van der Waals surface area (Å²) in [7, 11) is 0. The van der Waals surface area contributed by atoms with Crippen molar-refractivity contribution in [2.24, 2.45) is 0 Å². The van der Waals surface area contributed by atoms with Crippen LogP contribution in [0.4, 0.5) is 0 Å². The van der Waals surface area contributed by atoms with Gasteiger partial charge in [0.05, 0.1) is 22.3 Å². The molecule has 0 saturated carbocycles. The molecule has 0 aliphatic rings. The Labute approximate surface area is 160 Å². The second-order valence-electron chi connectivity index (χ2n) is 5.79. The molecule has 0 aliphatic carbocycles. The van der Waals surface area contributed by atoms with Gasteiger partial charge in [0.2, 0.25) is 0 Å². The van der Waals surface area contributed by atoms with Crippen molar-refractivity contribution < 1.29 is 30.6 Å². The summed E-state index contributed by atoms with van der Waals surface area (Å²) in [6, 6.07) is 10.1. The largest absolute Gasteiger partial charge is 0.508 e.